The zero-order valence-corrected chi connectivity index (χ0v) is 7.47. The van der Waals surface area contributed by atoms with E-state index in [2.05, 4.69) is 19.1 Å². The van der Waals surface area contributed by atoms with Crippen molar-refractivity contribution < 1.29 is 0 Å². The van der Waals surface area contributed by atoms with Crippen molar-refractivity contribution in [3.05, 3.63) is 12.2 Å². The van der Waals surface area contributed by atoms with Crippen LogP contribution in [0.4, 0.5) is 0 Å². The maximum absolute atomic E-state index is 2.52. The minimum Gasteiger partial charge on any atom is -0.0880 e. The topological polar surface area (TPSA) is 0 Å². The average molecular weight is 150 g/mol. The van der Waals surface area contributed by atoms with Crippen LogP contribution in [0, 0.1) is 11.3 Å². The Balaban J connectivity index is 2.18. The van der Waals surface area contributed by atoms with Crippen molar-refractivity contribution in [2.45, 2.75) is 45.4 Å². The molecule has 2 atom stereocenters. The Morgan fingerprint density at radius 2 is 2.09 bits per heavy atom. The molecular formula is C11H18. The van der Waals surface area contributed by atoms with Gasteiger partial charge < -0.3 is 0 Å². The quantitative estimate of drug-likeness (QED) is 0.463. The third-order valence-electron chi connectivity index (χ3n) is 3.72. The molecule has 0 saturated heterocycles. The number of rotatable bonds is 0. The van der Waals surface area contributed by atoms with Crippen LogP contribution in [0.3, 0.4) is 0 Å². The second-order valence-corrected chi connectivity index (χ2v) is 4.32. The lowest BCUT2D eigenvalue weighted by atomic mass is 9.72. The summed E-state index contributed by atoms with van der Waals surface area (Å²) < 4.78 is 0. The first-order valence-electron chi connectivity index (χ1n) is 5.01. The highest BCUT2D eigenvalue weighted by Crippen LogP contribution is 2.49. The molecule has 2 aliphatic rings. The van der Waals surface area contributed by atoms with Gasteiger partial charge in [-0.1, -0.05) is 25.5 Å². The molecule has 0 heterocycles. The first-order chi connectivity index (χ1) is 5.33. The van der Waals surface area contributed by atoms with E-state index in [1.807, 2.05) is 0 Å². The maximum Gasteiger partial charge on any atom is -0.00925 e. The smallest absolute Gasteiger partial charge is 0.00925 e. The van der Waals surface area contributed by atoms with Crippen LogP contribution in [-0.2, 0) is 0 Å². The van der Waals surface area contributed by atoms with E-state index in [4.69, 9.17) is 0 Å². The van der Waals surface area contributed by atoms with E-state index in [1.165, 1.54) is 38.5 Å². The van der Waals surface area contributed by atoms with Crippen molar-refractivity contribution >= 4 is 0 Å². The molecule has 2 aliphatic carbocycles. The van der Waals surface area contributed by atoms with Gasteiger partial charge in [0.2, 0.25) is 0 Å². The van der Waals surface area contributed by atoms with Crippen LogP contribution < -0.4 is 0 Å². The van der Waals surface area contributed by atoms with Gasteiger partial charge in [-0.2, -0.15) is 0 Å². The van der Waals surface area contributed by atoms with Gasteiger partial charge in [0.05, 0.1) is 0 Å². The Hall–Kier alpha value is -0.260. The fraction of sp³-hybridized carbons (Fsp3) is 0.818. The predicted octanol–water partition coefficient (Wildman–Crippen LogP) is 3.53. The fourth-order valence-corrected chi connectivity index (χ4v) is 2.84. The Kier molecular flexibility index (Phi) is 1.78. The van der Waals surface area contributed by atoms with Crippen molar-refractivity contribution in [3.63, 3.8) is 0 Å². The first-order valence-corrected chi connectivity index (χ1v) is 5.01. The van der Waals surface area contributed by atoms with Gasteiger partial charge in [0.1, 0.15) is 0 Å². The molecule has 0 aromatic rings. The van der Waals surface area contributed by atoms with E-state index in [-0.39, 0.29) is 0 Å². The summed E-state index contributed by atoms with van der Waals surface area (Å²) in [5.41, 5.74) is 0.651. The van der Waals surface area contributed by atoms with Crippen LogP contribution in [0.5, 0.6) is 0 Å². The summed E-state index contributed by atoms with van der Waals surface area (Å²) in [5, 5.41) is 0. The van der Waals surface area contributed by atoms with Gasteiger partial charge in [-0.05, 0) is 43.4 Å². The van der Waals surface area contributed by atoms with E-state index in [0.717, 1.165) is 5.92 Å². The highest BCUT2D eigenvalue weighted by molar-refractivity contribution is 5.08. The Morgan fingerprint density at radius 3 is 2.64 bits per heavy atom. The van der Waals surface area contributed by atoms with Crippen LogP contribution in [0.1, 0.15) is 45.4 Å². The average Bonchev–Trinajstić information content (AvgIpc) is 2.36. The molecule has 0 aromatic heterocycles. The van der Waals surface area contributed by atoms with Crippen LogP contribution >= 0.6 is 0 Å². The van der Waals surface area contributed by atoms with Gasteiger partial charge >= 0.3 is 0 Å². The minimum absolute atomic E-state index is 0.651. The monoisotopic (exact) mass is 150 g/mol. The second-order valence-electron chi connectivity index (χ2n) is 4.32. The molecule has 0 aromatic carbocycles. The molecule has 0 heteroatoms. The van der Waals surface area contributed by atoms with Crippen LogP contribution in [0.2, 0.25) is 0 Å². The summed E-state index contributed by atoms with van der Waals surface area (Å²) in [6, 6.07) is 0. The summed E-state index contributed by atoms with van der Waals surface area (Å²) >= 11 is 0. The molecule has 0 bridgehead atoms. The first kappa shape index (κ1) is 7.39. The number of hydrogen-bond donors (Lipinski definition) is 0. The Bertz CT molecular complexity index is 169. The minimum atomic E-state index is 0.651. The molecule has 0 radical (unpaired) electrons. The van der Waals surface area contributed by atoms with Gasteiger partial charge in [-0.3, -0.25) is 0 Å². The van der Waals surface area contributed by atoms with E-state index in [9.17, 15) is 0 Å². The summed E-state index contributed by atoms with van der Waals surface area (Å²) in [7, 11) is 0. The third kappa shape index (κ3) is 1.13. The van der Waals surface area contributed by atoms with E-state index >= 15 is 0 Å². The molecule has 1 saturated carbocycles. The zero-order chi connectivity index (χ0) is 7.73. The van der Waals surface area contributed by atoms with E-state index in [0.29, 0.717) is 5.41 Å². The molecule has 2 rings (SSSR count). The molecule has 0 unspecified atom stereocenters. The molecule has 1 spiro atoms. The van der Waals surface area contributed by atoms with Gasteiger partial charge in [0.25, 0.3) is 0 Å². The third-order valence-corrected chi connectivity index (χ3v) is 3.72. The lowest BCUT2D eigenvalue weighted by Gasteiger charge is -2.33. The molecule has 0 aliphatic heterocycles. The lowest BCUT2D eigenvalue weighted by Crippen LogP contribution is -2.22. The van der Waals surface area contributed by atoms with Gasteiger partial charge in [-0.15, -0.1) is 0 Å². The van der Waals surface area contributed by atoms with Crippen molar-refractivity contribution in [2.24, 2.45) is 11.3 Å². The Labute approximate surface area is 69.7 Å². The molecule has 0 N–H and O–H groups in total. The van der Waals surface area contributed by atoms with Gasteiger partial charge in [-0.25, -0.2) is 0 Å². The molecule has 0 amide bonds. The predicted molar refractivity (Wildman–Crippen MR) is 48.4 cm³/mol. The Morgan fingerprint density at radius 1 is 1.27 bits per heavy atom. The second kappa shape index (κ2) is 2.66. The van der Waals surface area contributed by atoms with Crippen molar-refractivity contribution in [1.29, 1.82) is 0 Å². The summed E-state index contributed by atoms with van der Waals surface area (Å²) in [4.78, 5) is 0. The fourth-order valence-electron chi connectivity index (χ4n) is 2.84. The lowest BCUT2D eigenvalue weighted by molar-refractivity contribution is 0.256. The van der Waals surface area contributed by atoms with Gasteiger partial charge in [0.15, 0.2) is 0 Å². The number of allylic oxidation sites excluding steroid dienone is 2. The SMILES string of the molecule is C[C@@H]1CCC[C@]12C=CCCC2. The molecular weight excluding hydrogens is 132 g/mol. The zero-order valence-electron chi connectivity index (χ0n) is 7.47. The van der Waals surface area contributed by atoms with Crippen molar-refractivity contribution in [3.8, 4) is 0 Å². The maximum atomic E-state index is 2.52. The summed E-state index contributed by atoms with van der Waals surface area (Å²) in [6.07, 6.45) is 13.5. The van der Waals surface area contributed by atoms with E-state index < -0.39 is 0 Å². The largest absolute Gasteiger partial charge is 0.0880 e. The highest BCUT2D eigenvalue weighted by Gasteiger charge is 2.37. The highest BCUT2D eigenvalue weighted by atomic mass is 14.4. The number of hydrogen-bond acceptors (Lipinski definition) is 0. The molecule has 11 heavy (non-hydrogen) atoms. The summed E-state index contributed by atoms with van der Waals surface area (Å²) in [6.45, 7) is 2.43. The van der Waals surface area contributed by atoms with Crippen LogP contribution in [0.15, 0.2) is 12.2 Å². The van der Waals surface area contributed by atoms with Gasteiger partial charge in [0, 0.05) is 0 Å². The molecule has 0 nitrogen and oxygen atoms in total. The van der Waals surface area contributed by atoms with Crippen LogP contribution in [-0.4, -0.2) is 0 Å². The van der Waals surface area contributed by atoms with Crippen LogP contribution in [0.25, 0.3) is 0 Å². The summed E-state index contributed by atoms with van der Waals surface area (Å²) in [5.74, 6) is 0.957. The van der Waals surface area contributed by atoms with Crippen molar-refractivity contribution in [2.75, 3.05) is 0 Å². The van der Waals surface area contributed by atoms with Crippen molar-refractivity contribution in [1.82, 2.24) is 0 Å². The molecule has 62 valence electrons. The standard InChI is InChI=1S/C11H18/c1-10-6-5-9-11(10)7-3-2-4-8-11/h3,7,10H,2,4-6,8-9H2,1H3/t10-,11-/m1/s1. The van der Waals surface area contributed by atoms with E-state index in [1.54, 1.807) is 0 Å². The normalized spacial score (nSPS) is 43.5. The molecule has 1 fully saturated rings.